The van der Waals surface area contributed by atoms with Crippen LogP contribution in [0.1, 0.15) is 29.8 Å². The van der Waals surface area contributed by atoms with E-state index in [0.29, 0.717) is 23.5 Å². The van der Waals surface area contributed by atoms with Gasteiger partial charge < -0.3 is 14.8 Å². The van der Waals surface area contributed by atoms with Gasteiger partial charge in [0.15, 0.2) is 6.10 Å². The van der Waals surface area contributed by atoms with Gasteiger partial charge in [-0.25, -0.2) is 13.2 Å². The molecule has 0 aliphatic carbocycles. The first-order chi connectivity index (χ1) is 13.7. The van der Waals surface area contributed by atoms with Crippen LogP contribution in [0.15, 0.2) is 47.4 Å². The summed E-state index contributed by atoms with van der Waals surface area (Å²) in [6.07, 6.45) is -0.999. The molecule has 2 N–H and O–H groups in total. The number of aryl methyl sites for hydroxylation is 1. The highest BCUT2D eigenvalue weighted by Crippen LogP contribution is 2.23. The first kappa shape index (κ1) is 22.2. The fraction of sp³-hybridized carbons (Fsp3) is 0.300. The first-order valence-electron chi connectivity index (χ1n) is 8.94. The van der Waals surface area contributed by atoms with Crippen molar-refractivity contribution in [1.29, 1.82) is 0 Å². The van der Waals surface area contributed by atoms with Gasteiger partial charge in [-0.05, 0) is 62.7 Å². The van der Waals surface area contributed by atoms with E-state index in [0.717, 1.165) is 0 Å². The Kier molecular flexibility index (Phi) is 7.22. The van der Waals surface area contributed by atoms with Crippen LogP contribution in [0.2, 0.25) is 0 Å². The van der Waals surface area contributed by atoms with Gasteiger partial charge in [0, 0.05) is 12.2 Å². The van der Waals surface area contributed by atoms with Gasteiger partial charge in [-0.1, -0.05) is 6.07 Å². The Bertz CT molecular complexity index is 987. The number of esters is 1. The molecule has 2 aromatic rings. The minimum absolute atomic E-state index is 0.0295. The van der Waals surface area contributed by atoms with Crippen LogP contribution in [0.4, 0.5) is 5.69 Å². The largest absolute Gasteiger partial charge is 0.497 e. The van der Waals surface area contributed by atoms with Gasteiger partial charge in [0.2, 0.25) is 0 Å². The lowest BCUT2D eigenvalue weighted by atomic mass is 10.1. The van der Waals surface area contributed by atoms with Crippen LogP contribution in [-0.2, 0) is 19.6 Å². The third-order valence-corrected chi connectivity index (χ3v) is 5.58. The Balaban J connectivity index is 2.24. The second-order valence-corrected chi connectivity index (χ2v) is 7.91. The predicted octanol–water partition coefficient (Wildman–Crippen LogP) is 2.49. The summed E-state index contributed by atoms with van der Waals surface area (Å²) in [6.45, 7) is 5.22. The van der Waals surface area contributed by atoms with Gasteiger partial charge >= 0.3 is 5.97 Å². The third kappa shape index (κ3) is 5.71. The lowest BCUT2D eigenvalue weighted by molar-refractivity contribution is -0.128. The molecule has 1 atom stereocenters. The molecule has 0 radical (unpaired) electrons. The lowest BCUT2D eigenvalue weighted by Gasteiger charge is -2.14. The van der Waals surface area contributed by atoms with Crippen molar-refractivity contribution in [3.05, 3.63) is 53.6 Å². The zero-order valence-corrected chi connectivity index (χ0v) is 17.5. The van der Waals surface area contributed by atoms with Crippen LogP contribution in [-0.4, -0.2) is 40.1 Å². The number of amides is 1. The number of sulfonamides is 1. The molecule has 0 spiro atoms. The summed E-state index contributed by atoms with van der Waals surface area (Å²) in [5, 5.41) is 2.55. The molecule has 0 aromatic heterocycles. The van der Waals surface area contributed by atoms with Gasteiger partial charge in [0.1, 0.15) is 5.75 Å². The lowest BCUT2D eigenvalue weighted by Crippen LogP contribution is -2.35. The average Bonchev–Trinajstić information content (AvgIpc) is 2.68. The van der Waals surface area contributed by atoms with E-state index >= 15 is 0 Å². The molecule has 0 fully saturated rings. The van der Waals surface area contributed by atoms with E-state index in [-0.39, 0.29) is 10.5 Å². The van der Waals surface area contributed by atoms with Crippen molar-refractivity contribution in [3.8, 4) is 5.75 Å². The van der Waals surface area contributed by atoms with Gasteiger partial charge in [0.25, 0.3) is 15.9 Å². The standard InChI is InChI=1S/C20H24N2O6S/c1-5-21-19(23)14(3)28-20(24)15-7-6-13(2)18(12-15)29(25,26)22-16-8-10-17(27-4)11-9-16/h6-12,14,22H,5H2,1-4H3,(H,21,23)/t14-/m1/s1. The smallest absolute Gasteiger partial charge is 0.338 e. The second-order valence-electron chi connectivity index (χ2n) is 6.26. The quantitative estimate of drug-likeness (QED) is 0.635. The van der Waals surface area contributed by atoms with Crippen LogP contribution < -0.4 is 14.8 Å². The molecule has 0 bridgehead atoms. The summed E-state index contributed by atoms with van der Waals surface area (Å²) in [7, 11) is -2.44. The third-order valence-electron chi connectivity index (χ3n) is 4.06. The number of hydrogen-bond donors (Lipinski definition) is 2. The van der Waals surface area contributed by atoms with Crippen LogP contribution >= 0.6 is 0 Å². The van der Waals surface area contributed by atoms with Gasteiger partial charge in [-0.2, -0.15) is 0 Å². The maximum absolute atomic E-state index is 12.8. The molecule has 0 aliphatic rings. The highest BCUT2D eigenvalue weighted by Gasteiger charge is 2.22. The van der Waals surface area contributed by atoms with E-state index < -0.39 is 28.0 Å². The second kappa shape index (κ2) is 9.42. The molecule has 29 heavy (non-hydrogen) atoms. The molecule has 0 saturated carbocycles. The summed E-state index contributed by atoms with van der Waals surface area (Å²) in [5.41, 5.74) is 0.837. The molecule has 2 aromatic carbocycles. The number of rotatable bonds is 8. The maximum Gasteiger partial charge on any atom is 0.338 e. The molecule has 8 nitrogen and oxygen atoms in total. The van der Waals surface area contributed by atoms with E-state index in [1.807, 2.05) is 0 Å². The van der Waals surface area contributed by atoms with Crippen molar-refractivity contribution in [1.82, 2.24) is 5.32 Å². The Morgan fingerprint density at radius 1 is 1.10 bits per heavy atom. The van der Waals surface area contributed by atoms with Crippen molar-refractivity contribution in [3.63, 3.8) is 0 Å². The molecule has 2 rings (SSSR count). The van der Waals surface area contributed by atoms with Crippen LogP contribution in [0.25, 0.3) is 0 Å². The molecule has 0 heterocycles. The average molecular weight is 420 g/mol. The number of carbonyl (C=O) groups is 2. The van der Waals surface area contributed by atoms with Crippen molar-refractivity contribution in [2.45, 2.75) is 31.8 Å². The van der Waals surface area contributed by atoms with Crippen molar-refractivity contribution in [2.24, 2.45) is 0 Å². The van der Waals surface area contributed by atoms with Crippen molar-refractivity contribution >= 4 is 27.6 Å². The Hall–Kier alpha value is -3.07. The zero-order valence-electron chi connectivity index (χ0n) is 16.7. The fourth-order valence-electron chi connectivity index (χ4n) is 2.49. The van der Waals surface area contributed by atoms with Crippen LogP contribution in [0.5, 0.6) is 5.75 Å². The van der Waals surface area contributed by atoms with Crippen molar-refractivity contribution < 1.29 is 27.5 Å². The van der Waals surface area contributed by atoms with Gasteiger partial charge in [0.05, 0.1) is 17.6 Å². The van der Waals surface area contributed by atoms with E-state index in [2.05, 4.69) is 10.0 Å². The summed E-state index contributed by atoms with van der Waals surface area (Å²) in [5.74, 6) is -0.623. The summed E-state index contributed by atoms with van der Waals surface area (Å²) >= 11 is 0. The summed E-state index contributed by atoms with van der Waals surface area (Å²) in [6, 6.07) is 10.6. The highest BCUT2D eigenvalue weighted by atomic mass is 32.2. The van der Waals surface area contributed by atoms with Gasteiger partial charge in [-0.15, -0.1) is 0 Å². The highest BCUT2D eigenvalue weighted by molar-refractivity contribution is 7.92. The summed E-state index contributed by atoms with van der Waals surface area (Å²) < 4.78 is 38.3. The molecule has 0 aliphatic heterocycles. The van der Waals surface area contributed by atoms with E-state index in [1.165, 1.54) is 32.2 Å². The summed E-state index contributed by atoms with van der Waals surface area (Å²) in [4.78, 5) is 24.0. The normalized spacial score (nSPS) is 12.0. The maximum atomic E-state index is 12.8. The Labute approximate surface area is 170 Å². The monoisotopic (exact) mass is 420 g/mol. The molecular formula is C20H24N2O6S. The molecule has 0 unspecified atom stereocenters. The van der Waals surface area contributed by atoms with E-state index in [9.17, 15) is 18.0 Å². The SMILES string of the molecule is CCNC(=O)[C@@H](C)OC(=O)c1ccc(C)c(S(=O)(=O)Nc2ccc(OC)cc2)c1. The Morgan fingerprint density at radius 2 is 1.76 bits per heavy atom. The molecule has 9 heteroatoms. The van der Waals surface area contributed by atoms with Crippen molar-refractivity contribution in [2.75, 3.05) is 18.4 Å². The number of ether oxygens (including phenoxy) is 2. The number of methoxy groups -OCH3 is 1. The molecule has 0 saturated heterocycles. The minimum atomic E-state index is -3.95. The number of benzene rings is 2. The van der Waals surface area contributed by atoms with E-state index in [4.69, 9.17) is 9.47 Å². The van der Waals surface area contributed by atoms with Crippen LogP contribution in [0.3, 0.4) is 0 Å². The van der Waals surface area contributed by atoms with Gasteiger partial charge in [-0.3, -0.25) is 9.52 Å². The van der Waals surface area contributed by atoms with Crippen LogP contribution in [0, 0.1) is 6.92 Å². The van der Waals surface area contributed by atoms with E-state index in [1.54, 1.807) is 38.1 Å². The minimum Gasteiger partial charge on any atom is -0.497 e. The number of nitrogens with one attached hydrogen (secondary N) is 2. The molecule has 156 valence electrons. The molecular weight excluding hydrogens is 396 g/mol. The number of hydrogen-bond acceptors (Lipinski definition) is 6. The number of anilines is 1. The zero-order chi connectivity index (χ0) is 21.6. The topological polar surface area (TPSA) is 111 Å². The first-order valence-corrected chi connectivity index (χ1v) is 10.4. The fourth-order valence-corrected chi connectivity index (χ4v) is 3.82. The Morgan fingerprint density at radius 3 is 2.34 bits per heavy atom. The molecule has 1 amide bonds. The number of likely N-dealkylation sites (N-methyl/N-ethyl adjacent to an activating group) is 1. The number of carbonyl (C=O) groups excluding carboxylic acids is 2. The predicted molar refractivity (Wildman–Crippen MR) is 109 cm³/mol.